The average Bonchev–Trinajstić information content (AvgIpc) is 2.84. The molecule has 2 aromatic rings. The third-order valence-electron chi connectivity index (χ3n) is 3.37. The van der Waals surface area contributed by atoms with E-state index in [0.29, 0.717) is 6.54 Å². The number of hydrogen-bond donors (Lipinski definition) is 4. The Balaban J connectivity index is 2.06. The van der Waals surface area contributed by atoms with Gasteiger partial charge in [0.2, 0.25) is 0 Å². The normalized spacial score (nSPS) is 13.5. The number of aliphatic hydroxyl groups excluding tert-OH is 2. The number of nitrogens with one attached hydrogen (secondary N) is 2. The number of ether oxygens (including phenoxy) is 1. The summed E-state index contributed by atoms with van der Waals surface area (Å²) < 4.78 is 5.79. The van der Waals surface area contributed by atoms with E-state index in [1.165, 1.54) is 0 Å². The molecule has 0 spiro atoms. The van der Waals surface area contributed by atoms with Crippen LogP contribution in [-0.4, -0.2) is 40.0 Å². The van der Waals surface area contributed by atoms with Crippen LogP contribution in [0.5, 0.6) is 5.75 Å². The van der Waals surface area contributed by atoms with Crippen LogP contribution in [0.15, 0.2) is 18.2 Å². The number of H-pyrrole nitrogens is 1. The van der Waals surface area contributed by atoms with E-state index in [-0.39, 0.29) is 18.8 Å². The molecule has 122 valence electrons. The number of aromatic amines is 1. The molecule has 5 heteroatoms. The van der Waals surface area contributed by atoms with Gasteiger partial charge in [0.25, 0.3) is 0 Å². The Kier molecular flexibility index (Phi) is 5.11. The quantitative estimate of drug-likeness (QED) is 0.659. The zero-order valence-corrected chi connectivity index (χ0v) is 13.7. The lowest BCUT2D eigenvalue weighted by molar-refractivity contribution is 0.101. The molecule has 5 nitrogen and oxygen atoms in total. The summed E-state index contributed by atoms with van der Waals surface area (Å²) in [6.07, 6.45) is -0.578. The van der Waals surface area contributed by atoms with Crippen molar-refractivity contribution in [3.8, 4) is 5.75 Å². The van der Waals surface area contributed by atoms with E-state index >= 15 is 0 Å². The molecule has 1 aromatic heterocycles. The van der Waals surface area contributed by atoms with Crippen molar-refractivity contribution in [3.05, 3.63) is 29.5 Å². The van der Waals surface area contributed by atoms with E-state index in [0.717, 1.165) is 27.9 Å². The minimum absolute atomic E-state index is 0.0335. The van der Waals surface area contributed by atoms with Gasteiger partial charge in [0.15, 0.2) is 0 Å². The third kappa shape index (κ3) is 4.47. The van der Waals surface area contributed by atoms with Gasteiger partial charge in [-0.3, -0.25) is 0 Å². The monoisotopic (exact) mass is 306 g/mol. The maximum atomic E-state index is 10.0. The molecule has 0 saturated carbocycles. The molecule has 2 rings (SSSR count). The smallest absolute Gasteiger partial charge is 0.129 e. The van der Waals surface area contributed by atoms with Crippen LogP contribution < -0.4 is 10.1 Å². The number of aliphatic hydroxyl groups is 2. The molecule has 0 fully saturated rings. The van der Waals surface area contributed by atoms with E-state index in [9.17, 15) is 10.2 Å². The van der Waals surface area contributed by atoms with Crippen molar-refractivity contribution < 1.29 is 14.9 Å². The highest BCUT2D eigenvalue weighted by Crippen LogP contribution is 2.28. The van der Waals surface area contributed by atoms with Gasteiger partial charge in [-0.1, -0.05) is 0 Å². The third-order valence-corrected chi connectivity index (χ3v) is 3.37. The Morgan fingerprint density at radius 1 is 1.27 bits per heavy atom. The highest BCUT2D eigenvalue weighted by atomic mass is 16.5. The van der Waals surface area contributed by atoms with E-state index in [4.69, 9.17) is 4.74 Å². The highest BCUT2D eigenvalue weighted by Gasteiger charge is 2.14. The van der Waals surface area contributed by atoms with Crippen LogP contribution in [0.3, 0.4) is 0 Å². The SMILES string of the molecule is Cc1cc(OCC(O)CNC(C)(C)C)c2cc(CO)[nH]c2c1. The van der Waals surface area contributed by atoms with Gasteiger partial charge in [0.05, 0.1) is 6.61 Å². The standard InChI is InChI=1S/C17H26N2O3/c1-11-5-15-14(7-12(9-20)19-15)16(6-11)22-10-13(21)8-18-17(2,3)4/h5-7,13,18-21H,8-10H2,1-4H3. The number of β-amino-alcohol motifs (C(OH)–C–C–N with tert-alkyl or cyclic N) is 1. The summed E-state index contributed by atoms with van der Waals surface area (Å²) in [6, 6.07) is 5.84. The molecular weight excluding hydrogens is 280 g/mol. The maximum absolute atomic E-state index is 10.0. The van der Waals surface area contributed by atoms with E-state index in [1.54, 1.807) is 0 Å². The fourth-order valence-electron chi connectivity index (χ4n) is 2.27. The highest BCUT2D eigenvalue weighted by molar-refractivity contribution is 5.87. The second-order valence-electron chi connectivity index (χ2n) is 6.77. The molecule has 0 aliphatic carbocycles. The van der Waals surface area contributed by atoms with Gasteiger partial charge in [-0.05, 0) is 51.5 Å². The molecular formula is C17H26N2O3. The average molecular weight is 306 g/mol. The summed E-state index contributed by atoms with van der Waals surface area (Å²) in [5, 5.41) is 23.4. The van der Waals surface area contributed by atoms with Crippen molar-refractivity contribution >= 4 is 10.9 Å². The van der Waals surface area contributed by atoms with Crippen LogP contribution in [0.4, 0.5) is 0 Å². The summed E-state index contributed by atoms with van der Waals surface area (Å²) in [6.45, 7) is 8.83. The van der Waals surface area contributed by atoms with Gasteiger partial charge in [-0.25, -0.2) is 0 Å². The Morgan fingerprint density at radius 3 is 2.64 bits per heavy atom. The van der Waals surface area contributed by atoms with Crippen LogP contribution >= 0.6 is 0 Å². The lowest BCUT2D eigenvalue weighted by Gasteiger charge is -2.23. The Labute approximate surface area is 131 Å². The molecule has 1 unspecified atom stereocenters. The summed E-state index contributed by atoms with van der Waals surface area (Å²) in [5.41, 5.74) is 2.71. The molecule has 0 bridgehead atoms. The van der Waals surface area contributed by atoms with Crippen LogP contribution in [0, 0.1) is 6.92 Å². The minimum atomic E-state index is -0.578. The molecule has 1 atom stereocenters. The molecule has 1 aromatic carbocycles. The number of aryl methyl sites for hydroxylation is 1. The number of rotatable bonds is 6. The van der Waals surface area contributed by atoms with Crippen molar-refractivity contribution in [1.82, 2.24) is 10.3 Å². The molecule has 0 radical (unpaired) electrons. The predicted octanol–water partition coefficient (Wildman–Crippen LogP) is 2.10. The van der Waals surface area contributed by atoms with Gasteiger partial charge < -0.3 is 25.3 Å². The molecule has 22 heavy (non-hydrogen) atoms. The molecule has 0 aliphatic heterocycles. The second-order valence-corrected chi connectivity index (χ2v) is 6.77. The topological polar surface area (TPSA) is 77.5 Å². The largest absolute Gasteiger partial charge is 0.490 e. The van der Waals surface area contributed by atoms with Crippen LogP contribution in [0.25, 0.3) is 10.9 Å². The van der Waals surface area contributed by atoms with Crippen molar-refractivity contribution in [3.63, 3.8) is 0 Å². The fraction of sp³-hybridized carbons (Fsp3) is 0.529. The number of aromatic nitrogens is 1. The van der Waals surface area contributed by atoms with E-state index in [2.05, 4.69) is 31.1 Å². The first-order chi connectivity index (χ1) is 10.3. The number of fused-ring (bicyclic) bond motifs is 1. The Bertz CT molecular complexity index is 629. The van der Waals surface area contributed by atoms with Gasteiger partial charge in [-0.15, -0.1) is 0 Å². The molecule has 0 saturated heterocycles. The summed E-state index contributed by atoms with van der Waals surface area (Å²) in [5.74, 6) is 0.723. The number of benzene rings is 1. The second kappa shape index (κ2) is 6.69. The lowest BCUT2D eigenvalue weighted by atomic mass is 10.1. The fourth-order valence-corrected chi connectivity index (χ4v) is 2.27. The zero-order chi connectivity index (χ0) is 16.3. The summed E-state index contributed by atoms with van der Waals surface area (Å²) in [4.78, 5) is 3.15. The van der Waals surface area contributed by atoms with E-state index in [1.807, 2.05) is 25.1 Å². The van der Waals surface area contributed by atoms with Crippen molar-refractivity contribution in [2.24, 2.45) is 0 Å². The Morgan fingerprint density at radius 2 is 2.00 bits per heavy atom. The summed E-state index contributed by atoms with van der Waals surface area (Å²) >= 11 is 0. The van der Waals surface area contributed by atoms with Crippen molar-refractivity contribution in [1.29, 1.82) is 0 Å². The van der Waals surface area contributed by atoms with Crippen LogP contribution in [0.1, 0.15) is 32.0 Å². The summed E-state index contributed by atoms with van der Waals surface area (Å²) in [7, 11) is 0. The van der Waals surface area contributed by atoms with Gasteiger partial charge in [0.1, 0.15) is 18.5 Å². The first kappa shape index (κ1) is 16.8. The predicted molar refractivity (Wildman–Crippen MR) is 88.2 cm³/mol. The van der Waals surface area contributed by atoms with E-state index < -0.39 is 6.10 Å². The van der Waals surface area contributed by atoms with Crippen LogP contribution in [0.2, 0.25) is 0 Å². The molecule has 4 N–H and O–H groups in total. The molecule has 1 heterocycles. The van der Waals surface area contributed by atoms with Gasteiger partial charge in [0, 0.05) is 28.7 Å². The molecule has 0 amide bonds. The zero-order valence-electron chi connectivity index (χ0n) is 13.7. The molecule has 0 aliphatic rings. The number of hydrogen-bond acceptors (Lipinski definition) is 4. The van der Waals surface area contributed by atoms with Crippen molar-refractivity contribution in [2.75, 3.05) is 13.2 Å². The Hall–Kier alpha value is -1.56. The van der Waals surface area contributed by atoms with Gasteiger partial charge in [-0.2, -0.15) is 0 Å². The lowest BCUT2D eigenvalue weighted by Crippen LogP contribution is -2.42. The minimum Gasteiger partial charge on any atom is -0.490 e. The van der Waals surface area contributed by atoms with Crippen molar-refractivity contribution in [2.45, 2.75) is 45.9 Å². The van der Waals surface area contributed by atoms with Gasteiger partial charge >= 0.3 is 0 Å². The first-order valence-corrected chi connectivity index (χ1v) is 7.57. The maximum Gasteiger partial charge on any atom is 0.129 e. The van der Waals surface area contributed by atoms with Crippen LogP contribution in [-0.2, 0) is 6.61 Å². The first-order valence-electron chi connectivity index (χ1n) is 7.57.